The lowest BCUT2D eigenvalue weighted by atomic mass is 10.3. The number of hydrogen-bond acceptors (Lipinski definition) is 6. The lowest BCUT2D eigenvalue weighted by molar-refractivity contribution is -0.115. The molecule has 3 aromatic rings. The van der Waals surface area contributed by atoms with E-state index in [0.29, 0.717) is 17.1 Å². The number of amides is 1. The summed E-state index contributed by atoms with van der Waals surface area (Å²) in [7, 11) is -2.27. The number of aryl methyl sites for hydroxylation is 1. The average Bonchev–Trinajstić information content (AvgIpc) is 3.03. The molecule has 0 fully saturated rings. The molecule has 0 aliphatic rings. The summed E-state index contributed by atoms with van der Waals surface area (Å²) in [6, 6.07) is 12.1. The summed E-state index contributed by atoms with van der Waals surface area (Å²) in [6.07, 6.45) is 2.88. The van der Waals surface area contributed by atoms with E-state index in [1.165, 1.54) is 30.6 Å². The van der Waals surface area contributed by atoms with Crippen LogP contribution in [0.5, 0.6) is 5.75 Å². The predicted molar refractivity (Wildman–Crippen MR) is 118 cm³/mol. The van der Waals surface area contributed by atoms with Gasteiger partial charge in [0.1, 0.15) is 11.5 Å². The molecule has 0 aliphatic carbocycles. The third kappa shape index (κ3) is 4.91. The smallest absolute Gasteiger partial charge is 0.263 e. The number of benzene rings is 2. The van der Waals surface area contributed by atoms with Crippen LogP contribution in [0.25, 0.3) is 10.2 Å². The van der Waals surface area contributed by atoms with Gasteiger partial charge in [0.15, 0.2) is 14.6 Å². The Kier molecular flexibility index (Phi) is 6.81. The summed E-state index contributed by atoms with van der Waals surface area (Å²) in [5.74, 6) is -0.798. The van der Waals surface area contributed by atoms with Gasteiger partial charge in [-0.15, -0.1) is 11.8 Å². The summed E-state index contributed by atoms with van der Waals surface area (Å²) >= 11 is 3.04. The minimum absolute atomic E-state index is 0.0734. The van der Waals surface area contributed by atoms with Crippen molar-refractivity contribution in [2.24, 2.45) is 4.99 Å². The van der Waals surface area contributed by atoms with E-state index in [9.17, 15) is 13.2 Å². The van der Waals surface area contributed by atoms with Crippen molar-refractivity contribution in [2.45, 2.75) is 29.7 Å². The molecule has 0 atom stereocenters. The second-order valence-electron chi connectivity index (χ2n) is 6.31. The Labute approximate surface area is 178 Å². The number of ether oxygens (including phenoxy) is 1. The van der Waals surface area contributed by atoms with Crippen LogP contribution >= 0.6 is 23.1 Å². The third-order valence-corrected chi connectivity index (χ3v) is 7.67. The van der Waals surface area contributed by atoms with Gasteiger partial charge in [0.2, 0.25) is 0 Å². The average molecular weight is 451 g/mol. The minimum atomic E-state index is -3.78. The molecule has 0 aliphatic heterocycles. The number of thioether (sulfide) groups is 1. The highest BCUT2D eigenvalue weighted by Crippen LogP contribution is 2.24. The zero-order valence-electron chi connectivity index (χ0n) is 16.4. The van der Waals surface area contributed by atoms with Gasteiger partial charge in [-0.25, -0.2) is 8.42 Å². The fraction of sp³-hybridized carbons (Fsp3) is 0.300. The second kappa shape index (κ2) is 9.15. The molecule has 3 rings (SSSR count). The first-order chi connectivity index (χ1) is 13.9. The van der Waals surface area contributed by atoms with Gasteiger partial charge in [0.05, 0.1) is 22.2 Å². The first-order valence-corrected chi connectivity index (χ1v) is 12.7. The van der Waals surface area contributed by atoms with Gasteiger partial charge >= 0.3 is 0 Å². The number of sulfone groups is 1. The lowest BCUT2D eigenvalue weighted by Crippen LogP contribution is -2.21. The van der Waals surface area contributed by atoms with Crippen LogP contribution in [-0.2, 0) is 21.2 Å². The van der Waals surface area contributed by atoms with E-state index in [1.807, 2.05) is 29.9 Å². The first kappa shape index (κ1) is 21.6. The number of methoxy groups -OCH3 is 1. The van der Waals surface area contributed by atoms with E-state index in [-0.39, 0.29) is 4.90 Å². The van der Waals surface area contributed by atoms with E-state index >= 15 is 0 Å². The van der Waals surface area contributed by atoms with Crippen LogP contribution in [0, 0.1) is 0 Å². The number of thiazole rings is 1. The monoisotopic (exact) mass is 450 g/mol. The van der Waals surface area contributed by atoms with Crippen LogP contribution < -0.4 is 9.54 Å². The SMILES string of the molecule is CCCn1c(=NC(=O)CS(=O)(=O)c2ccc(OC)cc2)sc2cc(SC)ccc21. The maximum Gasteiger partial charge on any atom is 0.263 e. The number of carbonyl (C=O) groups is 1. The molecule has 0 saturated carbocycles. The highest BCUT2D eigenvalue weighted by molar-refractivity contribution is 7.98. The molecule has 9 heteroatoms. The van der Waals surface area contributed by atoms with Crippen LogP contribution in [0.15, 0.2) is 57.2 Å². The summed E-state index contributed by atoms with van der Waals surface area (Å²) in [5, 5.41) is 0. The summed E-state index contributed by atoms with van der Waals surface area (Å²) in [4.78, 5) is 18.4. The van der Waals surface area contributed by atoms with Crippen LogP contribution in [0.2, 0.25) is 0 Å². The highest BCUT2D eigenvalue weighted by atomic mass is 32.2. The highest BCUT2D eigenvalue weighted by Gasteiger charge is 2.19. The molecule has 0 bridgehead atoms. The molecule has 29 heavy (non-hydrogen) atoms. The molecule has 2 aromatic carbocycles. The molecule has 0 radical (unpaired) electrons. The van der Waals surface area contributed by atoms with Crippen molar-refractivity contribution in [3.63, 3.8) is 0 Å². The molecule has 1 aromatic heterocycles. The van der Waals surface area contributed by atoms with E-state index in [1.54, 1.807) is 23.9 Å². The second-order valence-corrected chi connectivity index (χ2v) is 10.2. The molecule has 154 valence electrons. The van der Waals surface area contributed by atoms with Crippen molar-refractivity contribution in [1.82, 2.24) is 4.57 Å². The van der Waals surface area contributed by atoms with E-state index in [0.717, 1.165) is 21.5 Å². The van der Waals surface area contributed by atoms with Crippen LogP contribution in [-0.4, -0.2) is 38.0 Å². The van der Waals surface area contributed by atoms with Gasteiger partial charge in [-0.3, -0.25) is 4.79 Å². The van der Waals surface area contributed by atoms with Gasteiger partial charge in [0, 0.05) is 11.4 Å². The zero-order valence-corrected chi connectivity index (χ0v) is 18.9. The molecule has 0 unspecified atom stereocenters. The normalized spacial score (nSPS) is 12.4. The van der Waals surface area contributed by atoms with Crippen molar-refractivity contribution < 1.29 is 17.9 Å². The molecule has 0 saturated heterocycles. The fourth-order valence-corrected chi connectivity index (χ4v) is 5.61. The number of nitrogens with zero attached hydrogens (tertiary/aromatic N) is 2. The number of aromatic nitrogens is 1. The van der Waals surface area contributed by atoms with Crippen LogP contribution in [0.4, 0.5) is 0 Å². The molecule has 6 nitrogen and oxygen atoms in total. The summed E-state index contributed by atoms with van der Waals surface area (Å²) in [6.45, 7) is 2.75. The van der Waals surface area contributed by atoms with Crippen molar-refractivity contribution in [3.8, 4) is 5.75 Å². The van der Waals surface area contributed by atoms with Gasteiger partial charge in [0.25, 0.3) is 5.91 Å². The zero-order chi connectivity index (χ0) is 21.0. The Morgan fingerprint density at radius 1 is 1.21 bits per heavy atom. The van der Waals surface area contributed by atoms with E-state index < -0.39 is 21.5 Å². The first-order valence-electron chi connectivity index (χ1n) is 8.99. The molecule has 0 N–H and O–H groups in total. The van der Waals surface area contributed by atoms with Crippen LogP contribution in [0.1, 0.15) is 13.3 Å². The number of fused-ring (bicyclic) bond motifs is 1. The number of carbonyl (C=O) groups excluding carboxylic acids is 1. The Hall–Kier alpha value is -2.10. The molecular formula is C20H22N2O4S3. The van der Waals surface area contributed by atoms with Gasteiger partial charge < -0.3 is 9.30 Å². The minimum Gasteiger partial charge on any atom is -0.497 e. The van der Waals surface area contributed by atoms with Crippen molar-refractivity contribution in [1.29, 1.82) is 0 Å². The third-order valence-electron chi connectivity index (χ3n) is 4.29. The fourth-order valence-electron chi connectivity index (χ4n) is 2.87. The van der Waals surface area contributed by atoms with Crippen LogP contribution in [0.3, 0.4) is 0 Å². The topological polar surface area (TPSA) is 77.7 Å². The van der Waals surface area contributed by atoms with Crippen molar-refractivity contribution >= 4 is 49.1 Å². The Balaban J connectivity index is 1.94. The Bertz CT molecular complexity index is 1190. The van der Waals surface area contributed by atoms with Gasteiger partial charge in [-0.2, -0.15) is 4.99 Å². The molecular weight excluding hydrogens is 428 g/mol. The summed E-state index contributed by atoms with van der Waals surface area (Å²) < 4.78 is 33.2. The maximum absolute atomic E-state index is 12.6. The Morgan fingerprint density at radius 3 is 2.55 bits per heavy atom. The quantitative estimate of drug-likeness (QED) is 0.513. The maximum atomic E-state index is 12.6. The predicted octanol–water partition coefficient (Wildman–Crippen LogP) is 3.74. The van der Waals surface area contributed by atoms with Gasteiger partial charge in [-0.1, -0.05) is 18.3 Å². The number of rotatable bonds is 7. The lowest BCUT2D eigenvalue weighted by Gasteiger charge is -2.04. The molecule has 1 amide bonds. The van der Waals surface area contributed by atoms with E-state index in [4.69, 9.17) is 4.74 Å². The van der Waals surface area contributed by atoms with E-state index in [2.05, 4.69) is 11.1 Å². The van der Waals surface area contributed by atoms with Crippen molar-refractivity contribution in [3.05, 3.63) is 47.3 Å². The standard InChI is InChI=1S/C20H22N2O4S3/c1-4-11-22-17-10-7-15(27-3)12-18(17)28-20(22)21-19(23)13-29(24,25)16-8-5-14(26-2)6-9-16/h5-10,12H,4,11,13H2,1-3H3. The largest absolute Gasteiger partial charge is 0.497 e. The van der Waals surface area contributed by atoms with Gasteiger partial charge in [-0.05, 0) is 55.1 Å². The molecule has 1 heterocycles. The molecule has 0 spiro atoms. The Morgan fingerprint density at radius 2 is 1.93 bits per heavy atom. The number of hydrogen-bond donors (Lipinski definition) is 0. The summed E-state index contributed by atoms with van der Waals surface area (Å²) in [5.41, 5.74) is 0.999. The van der Waals surface area contributed by atoms with Crippen molar-refractivity contribution in [2.75, 3.05) is 19.1 Å².